The molecular weight excluding hydrogens is 256 g/mol. The normalized spacial score (nSPS) is 12.9. The fourth-order valence-corrected chi connectivity index (χ4v) is 2.09. The Morgan fingerprint density at radius 2 is 1.85 bits per heavy atom. The summed E-state index contributed by atoms with van der Waals surface area (Å²) >= 11 is 0. The van der Waals surface area contributed by atoms with Gasteiger partial charge in [0.15, 0.2) is 11.5 Å². The number of imidazole rings is 1. The van der Waals surface area contributed by atoms with Gasteiger partial charge in [0.1, 0.15) is 0 Å². The van der Waals surface area contributed by atoms with Crippen LogP contribution in [0.15, 0.2) is 12.1 Å². The molecule has 1 unspecified atom stereocenters. The topological polar surface area (TPSA) is 65.5 Å². The summed E-state index contributed by atoms with van der Waals surface area (Å²) in [6.45, 7) is 2.91. The van der Waals surface area contributed by atoms with Crippen molar-refractivity contribution < 1.29 is 9.47 Å². The highest BCUT2D eigenvalue weighted by atomic mass is 16.5. The lowest BCUT2D eigenvalue weighted by molar-refractivity contribution is 0.287. The van der Waals surface area contributed by atoms with E-state index in [-0.39, 0.29) is 0 Å². The molecule has 2 aromatic rings. The number of ether oxygens (including phenoxy) is 2. The molecule has 1 aromatic carbocycles. The first-order valence-electron chi connectivity index (χ1n) is 6.52. The van der Waals surface area contributed by atoms with Crippen molar-refractivity contribution in [1.82, 2.24) is 14.5 Å². The molecule has 110 valence electrons. The molecule has 2 rings (SSSR count). The minimum absolute atomic E-state index is 0.350. The van der Waals surface area contributed by atoms with Crippen LogP contribution in [0.3, 0.4) is 0 Å². The number of likely N-dealkylation sites (N-methyl/N-ethyl adjacent to an activating group) is 1. The molecule has 0 aliphatic carbocycles. The fraction of sp³-hybridized carbons (Fsp3) is 0.500. The van der Waals surface area contributed by atoms with Crippen LogP contribution in [0.4, 0.5) is 5.95 Å². The number of nitrogen functional groups attached to an aromatic ring is 1. The number of fused-ring (bicyclic) bond motifs is 1. The number of aromatic nitrogens is 2. The number of nitrogens with two attached hydrogens (primary N) is 1. The molecule has 6 heteroatoms. The third-order valence-electron chi connectivity index (χ3n) is 3.61. The van der Waals surface area contributed by atoms with E-state index in [1.54, 1.807) is 14.2 Å². The van der Waals surface area contributed by atoms with Gasteiger partial charge < -0.3 is 24.7 Å². The van der Waals surface area contributed by atoms with Gasteiger partial charge in [-0.15, -0.1) is 0 Å². The molecule has 1 atom stereocenters. The molecule has 20 heavy (non-hydrogen) atoms. The number of rotatable bonds is 5. The molecule has 0 bridgehead atoms. The van der Waals surface area contributed by atoms with Gasteiger partial charge in [0, 0.05) is 24.7 Å². The van der Waals surface area contributed by atoms with Gasteiger partial charge in [0.05, 0.1) is 25.3 Å². The van der Waals surface area contributed by atoms with Crippen LogP contribution in [0.2, 0.25) is 0 Å². The minimum Gasteiger partial charge on any atom is -0.493 e. The molecule has 1 heterocycles. The number of hydrogen-bond donors (Lipinski definition) is 1. The molecule has 0 radical (unpaired) electrons. The molecular formula is C14H22N4O2. The Labute approximate surface area is 119 Å². The number of hydrogen-bond acceptors (Lipinski definition) is 5. The highest BCUT2D eigenvalue weighted by Gasteiger charge is 2.15. The van der Waals surface area contributed by atoms with Gasteiger partial charge in [-0.3, -0.25) is 0 Å². The highest BCUT2D eigenvalue weighted by molar-refractivity contribution is 5.82. The lowest BCUT2D eigenvalue weighted by Crippen LogP contribution is -2.29. The molecule has 1 aromatic heterocycles. The maximum Gasteiger partial charge on any atom is 0.201 e. The fourth-order valence-electron chi connectivity index (χ4n) is 2.09. The second kappa shape index (κ2) is 5.58. The summed E-state index contributed by atoms with van der Waals surface area (Å²) in [7, 11) is 7.32. The third kappa shape index (κ3) is 2.51. The quantitative estimate of drug-likeness (QED) is 0.899. The molecule has 0 spiro atoms. The average molecular weight is 278 g/mol. The van der Waals surface area contributed by atoms with Crippen molar-refractivity contribution in [2.45, 2.75) is 19.5 Å². The monoisotopic (exact) mass is 278 g/mol. The van der Waals surface area contributed by atoms with Crippen LogP contribution >= 0.6 is 0 Å². The predicted octanol–water partition coefficient (Wildman–Crippen LogP) is 1.59. The van der Waals surface area contributed by atoms with Crippen LogP contribution < -0.4 is 15.2 Å². The van der Waals surface area contributed by atoms with Crippen LogP contribution in [0.25, 0.3) is 11.0 Å². The van der Waals surface area contributed by atoms with Gasteiger partial charge in [-0.25, -0.2) is 4.98 Å². The van der Waals surface area contributed by atoms with E-state index >= 15 is 0 Å². The number of methoxy groups -OCH3 is 2. The van der Waals surface area contributed by atoms with Crippen molar-refractivity contribution >= 4 is 17.0 Å². The second-order valence-corrected chi connectivity index (χ2v) is 5.09. The Morgan fingerprint density at radius 3 is 2.40 bits per heavy atom. The average Bonchev–Trinajstić information content (AvgIpc) is 2.72. The predicted molar refractivity (Wildman–Crippen MR) is 80.4 cm³/mol. The first-order valence-corrected chi connectivity index (χ1v) is 6.52. The molecule has 0 saturated heterocycles. The lowest BCUT2D eigenvalue weighted by Gasteiger charge is -2.21. The van der Waals surface area contributed by atoms with E-state index in [4.69, 9.17) is 15.2 Å². The summed E-state index contributed by atoms with van der Waals surface area (Å²) in [5.41, 5.74) is 7.80. The first-order chi connectivity index (χ1) is 9.47. The van der Waals surface area contributed by atoms with E-state index in [1.807, 2.05) is 30.8 Å². The maximum atomic E-state index is 6.04. The molecule has 0 saturated carbocycles. The van der Waals surface area contributed by atoms with Crippen LogP contribution in [-0.4, -0.2) is 48.8 Å². The standard InChI is InChI=1S/C14H22N4O2/c1-9(17(2)3)8-18-11-7-13(20-5)12(19-4)6-10(11)16-14(18)15/h6-7,9H,8H2,1-5H3,(H2,15,16). The highest BCUT2D eigenvalue weighted by Crippen LogP contribution is 2.33. The van der Waals surface area contributed by atoms with Crippen molar-refractivity contribution in [2.75, 3.05) is 34.0 Å². The number of nitrogens with zero attached hydrogens (tertiary/aromatic N) is 3. The van der Waals surface area contributed by atoms with Gasteiger partial charge in [-0.05, 0) is 21.0 Å². The Hall–Kier alpha value is -1.95. The molecule has 0 aliphatic heterocycles. The third-order valence-corrected chi connectivity index (χ3v) is 3.61. The summed E-state index contributed by atoms with van der Waals surface area (Å²) in [6.07, 6.45) is 0. The molecule has 0 fully saturated rings. The Kier molecular flexibility index (Phi) is 4.04. The molecule has 0 amide bonds. The summed E-state index contributed by atoms with van der Waals surface area (Å²) < 4.78 is 12.6. The Bertz CT molecular complexity index is 607. The SMILES string of the molecule is COc1cc2nc(N)n(CC(C)N(C)C)c2cc1OC. The molecule has 0 aliphatic rings. The molecule has 2 N–H and O–H groups in total. The smallest absolute Gasteiger partial charge is 0.201 e. The second-order valence-electron chi connectivity index (χ2n) is 5.09. The Morgan fingerprint density at radius 1 is 1.25 bits per heavy atom. The zero-order valence-corrected chi connectivity index (χ0v) is 12.7. The minimum atomic E-state index is 0.350. The maximum absolute atomic E-state index is 6.04. The number of benzene rings is 1. The zero-order chi connectivity index (χ0) is 14.9. The van der Waals surface area contributed by atoms with Crippen LogP contribution in [0.1, 0.15) is 6.92 Å². The van der Waals surface area contributed by atoms with Gasteiger partial charge in [0.25, 0.3) is 0 Å². The van der Waals surface area contributed by atoms with E-state index in [2.05, 4.69) is 16.8 Å². The van der Waals surface area contributed by atoms with E-state index in [0.29, 0.717) is 23.5 Å². The van der Waals surface area contributed by atoms with Crippen LogP contribution in [0.5, 0.6) is 11.5 Å². The number of anilines is 1. The van der Waals surface area contributed by atoms with Gasteiger partial charge >= 0.3 is 0 Å². The largest absolute Gasteiger partial charge is 0.493 e. The van der Waals surface area contributed by atoms with Crippen molar-refractivity contribution in [3.8, 4) is 11.5 Å². The van der Waals surface area contributed by atoms with Gasteiger partial charge in [0.2, 0.25) is 5.95 Å². The van der Waals surface area contributed by atoms with E-state index in [1.165, 1.54) is 0 Å². The van der Waals surface area contributed by atoms with E-state index in [9.17, 15) is 0 Å². The van der Waals surface area contributed by atoms with Crippen LogP contribution in [-0.2, 0) is 6.54 Å². The van der Waals surface area contributed by atoms with Crippen molar-refractivity contribution in [2.24, 2.45) is 0 Å². The van der Waals surface area contributed by atoms with Crippen molar-refractivity contribution in [1.29, 1.82) is 0 Å². The first kappa shape index (κ1) is 14.5. The van der Waals surface area contributed by atoms with E-state index < -0.39 is 0 Å². The van der Waals surface area contributed by atoms with Crippen LogP contribution in [0, 0.1) is 0 Å². The van der Waals surface area contributed by atoms with Crippen molar-refractivity contribution in [3.05, 3.63) is 12.1 Å². The summed E-state index contributed by atoms with van der Waals surface area (Å²) in [5.74, 6) is 1.84. The lowest BCUT2D eigenvalue weighted by atomic mass is 10.2. The van der Waals surface area contributed by atoms with Crippen molar-refractivity contribution in [3.63, 3.8) is 0 Å². The van der Waals surface area contributed by atoms with Gasteiger partial charge in [-0.1, -0.05) is 0 Å². The summed E-state index contributed by atoms with van der Waals surface area (Å²) in [4.78, 5) is 6.54. The van der Waals surface area contributed by atoms with E-state index in [0.717, 1.165) is 17.6 Å². The van der Waals surface area contributed by atoms with Gasteiger partial charge in [-0.2, -0.15) is 0 Å². The Balaban J connectivity index is 2.52. The summed E-state index contributed by atoms with van der Waals surface area (Å²) in [5, 5.41) is 0. The zero-order valence-electron chi connectivity index (χ0n) is 12.7. The molecule has 6 nitrogen and oxygen atoms in total. The summed E-state index contributed by atoms with van der Waals surface area (Å²) in [6, 6.07) is 4.11.